The van der Waals surface area contributed by atoms with Gasteiger partial charge >= 0.3 is 0 Å². The smallest absolute Gasteiger partial charge is 0.148 e. The predicted octanol–water partition coefficient (Wildman–Crippen LogP) is 2.72. The molecule has 20 heavy (non-hydrogen) atoms. The summed E-state index contributed by atoms with van der Waals surface area (Å²) in [6.45, 7) is 8.84. The fourth-order valence-electron chi connectivity index (χ4n) is 3.50. The highest BCUT2D eigenvalue weighted by Crippen LogP contribution is 2.42. The molecule has 0 atom stereocenters. The Kier molecular flexibility index (Phi) is 3.36. The van der Waals surface area contributed by atoms with E-state index in [-0.39, 0.29) is 5.82 Å². The number of hydrogen-bond donors (Lipinski definition) is 1. The maximum Gasteiger partial charge on any atom is 0.148 e. The van der Waals surface area contributed by atoms with Crippen LogP contribution in [-0.2, 0) is 0 Å². The Hall–Kier alpha value is -1.29. The lowest BCUT2D eigenvalue weighted by atomic mass is 9.71. The van der Waals surface area contributed by atoms with Gasteiger partial charge in [0.15, 0.2) is 0 Å². The highest BCUT2D eigenvalue weighted by atomic mass is 19.1. The molecular formula is C16H24FN3. The Balaban J connectivity index is 1.62. The highest BCUT2D eigenvalue weighted by Gasteiger charge is 2.45. The minimum atomic E-state index is -0.196. The second-order valence-electron chi connectivity index (χ2n) is 6.70. The molecule has 1 aromatic carbocycles. The summed E-state index contributed by atoms with van der Waals surface area (Å²) in [6.07, 6.45) is 2.33. The summed E-state index contributed by atoms with van der Waals surface area (Å²) in [6, 6.07) is 5.66. The summed E-state index contributed by atoms with van der Waals surface area (Å²) in [5, 5.41) is 0. The van der Waals surface area contributed by atoms with Crippen LogP contribution in [0.3, 0.4) is 0 Å². The molecule has 3 rings (SSSR count). The number of benzene rings is 1. The second kappa shape index (κ2) is 4.92. The van der Waals surface area contributed by atoms with Crippen LogP contribution in [0.15, 0.2) is 18.2 Å². The van der Waals surface area contributed by atoms with Gasteiger partial charge in [0.25, 0.3) is 0 Å². The van der Waals surface area contributed by atoms with Gasteiger partial charge in [0, 0.05) is 37.9 Å². The number of hydrogen-bond acceptors (Lipinski definition) is 3. The molecule has 2 aliphatic heterocycles. The maximum absolute atomic E-state index is 14.0. The van der Waals surface area contributed by atoms with Crippen LogP contribution in [0.1, 0.15) is 26.7 Å². The average Bonchev–Trinajstić information content (AvgIpc) is 2.36. The summed E-state index contributed by atoms with van der Waals surface area (Å²) in [4.78, 5) is 4.69. The lowest BCUT2D eigenvalue weighted by Gasteiger charge is -2.56. The van der Waals surface area contributed by atoms with E-state index in [4.69, 9.17) is 5.73 Å². The van der Waals surface area contributed by atoms with Crippen molar-refractivity contribution in [3.63, 3.8) is 0 Å². The predicted molar refractivity (Wildman–Crippen MR) is 81.4 cm³/mol. The fourth-order valence-corrected chi connectivity index (χ4v) is 3.50. The molecule has 0 saturated carbocycles. The van der Waals surface area contributed by atoms with Crippen molar-refractivity contribution < 1.29 is 4.39 Å². The number of anilines is 2. The molecule has 0 amide bonds. The van der Waals surface area contributed by atoms with Crippen LogP contribution in [0.5, 0.6) is 0 Å². The molecule has 2 heterocycles. The first-order chi connectivity index (χ1) is 9.49. The number of halogens is 1. The van der Waals surface area contributed by atoms with Crippen molar-refractivity contribution in [2.75, 3.05) is 36.8 Å². The fraction of sp³-hybridized carbons (Fsp3) is 0.625. The van der Waals surface area contributed by atoms with E-state index >= 15 is 0 Å². The van der Waals surface area contributed by atoms with Gasteiger partial charge in [-0.2, -0.15) is 0 Å². The van der Waals surface area contributed by atoms with Crippen LogP contribution in [0.2, 0.25) is 0 Å². The molecule has 1 aromatic rings. The third-order valence-electron chi connectivity index (χ3n) is 4.94. The van der Waals surface area contributed by atoms with Crippen molar-refractivity contribution in [3.8, 4) is 0 Å². The molecule has 4 heteroatoms. The number of likely N-dealkylation sites (tertiary alicyclic amines) is 1. The van der Waals surface area contributed by atoms with E-state index in [0.717, 1.165) is 13.1 Å². The Morgan fingerprint density at radius 2 is 1.85 bits per heavy atom. The van der Waals surface area contributed by atoms with Crippen LogP contribution in [0, 0.1) is 11.2 Å². The van der Waals surface area contributed by atoms with E-state index in [1.54, 1.807) is 6.07 Å². The summed E-state index contributed by atoms with van der Waals surface area (Å²) in [7, 11) is 0. The first-order valence-electron chi connectivity index (χ1n) is 7.53. The van der Waals surface area contributed by atoms with Gasteiger partial charge in [0.05, 0.1) is 5.69 Å². The van der Waals surface area contributed by atoms with Crippen molar-refractivity contribution in [2.24, 2.45) is 5.41 Å². The Morgan fingerprint density at radius 1 is 1.20 bits per heavy atom. The topological polar surface area (TPSA) is 32.5 Å². The molecule has 0 aromatic heterocycles. The molecule has 0 aliphatic carbocycles. The number of piperidine rings is 1. The molecule has 2 N–H and O–H groups in total. The minimum absolute atomic E-state index is 0.196. The van der Waals surface area contributed by atoms with Gasteiger partial charge in [0.1, 0.15) is 5.82 Å². The van der Waals surface area contributed by atoms with E-state index < -0.39 is 0 Å². The van der Waals surface area contributed by atoms with Crippen molar-refractivity contribution in [1.29, 1.82) is 0 Å². The summed E-state index contributed by atoms with van der Waals surface area (Å²) < 4.78 is 14.0. The molecule has 2 saturated heterocycles. The van der Waals surface area contributed by atoms with Gasteiger partial charge in [-0.25, -0.2) is 4.39 Å². The number of nitrogen functional groups attached to an aromatic ring is 1. The van der Waals surface area contributed by atoms with Crippen LogP contribution in [0.4, 0.5) is 15.8 Å². The van der Waals surface area contributed by atoms with Crippen molar-refractivity contribution in [2.45, 2.75) is 32.7 Å². The molecule has 2 fully saturated rings. The summed E-state index contributed by atoms with van der Waals surface area (Å²) >= 11 is 0. The molecule has 2 aliphatic rings. The molecule has 0 unspecified atom stereocenters. The van der Waals surface area contributed by atoms with Gasteiger partial charge in [-0.15, -0.1) is 0 Å². The van der Waals surface area contributed by atoms with E-state index in [2.05, 4.69) is 23.6 Å². The number of rotatable bonds is 2. The standard InChI is InChI=1S/C16H24FN3/c1-12(2)20-10-16(11-20)5-7-19(8-6-16)15-4-3-13(18)9-14(15)17/h3-4,9,12H,5-8,10-11,18H2,1-2H3. The van der Waals surface area contributed by atoms with E-state index in [9.17, 15) is 4.39 Å². The van der Waals surface area contributed by atoms with Crippen LogP contribution >= 0.6 is 0 Å². The van der Waals surface area contributed by atoms with Gasteiger partial charge < -0.3 is 10.6 Å². The Bertz CT molecular complexity index is 484. The molecular weight excluding hydrogens is 253 g/mol. The quantitative estimate of drug-likeness (QED) is 0.844. The zero-order valence-electron chi connectivity index (χ0n) is 12.4. The minimum Gasteiger partial charge on any atom is -0.399 e. The van der Waals surface area contributed by atoms with Gasteiger partial charge in [0.2, 0.25) is 0 Å². The van der Waals surface area contributed by atoms with Crippen molar-refractivity contribution >= 4 is 11.4 Å². The number of nitrogens with two attached hydrogens (primary N) is 1. The Labute approximate surface area is 120 Å². The molecule has 3 nitrogen and oxygen atoms in total. The first-order valence-corrected chi connectivity index (χ1v) is 7.53. The SMILES string of the molecule is CC(C)N1CC2(CCN(c3ccc(N)cc3F)CC2)C1. The van der Waals surface area contributed by atoms with Crippen LogP contribution in [0.25, 0.3) is 0 Å². The largest absolute Gasteiger partial charge is 0.399 e. The summed E-state index contributed by atoms with van der Waals surface area (Å²) in [5.74, 6) is -0.196. The normalized spacial score (nSPS) is 22.3. The lowest BCUT2D eigenvalue weighted by Crippen LogP contribution is -2.62. The summed E-state index contributed by atoms with van der Waals surface area (Å²) in [5.41, 5.74) is 7.30. The van der Waals surface area contributed by atoms with Gasteiger partial charge in [-0.05, 0) is 50.3 Å². The zero-order valence-corrected chi connectivity index (χ0v) is 12.4. The molecule has 0 bridgehead atoms. The monoisotopic (exact) mass is 277 g/mol. The average molecular weight is 277 g/mol. The van der Waals surface area contributed by atoms with E-state index in [1.807, 2.05) is 6.07 Å². The van der Waals surface area contributed by atoms with Crippen LogP contribution < -0.4 is 10.6 Å². The first kappa shape index (κ1) is 13.7. The number of nitrogens with zero attached hydrogens (tertiary/aromatic N) is 2. The maximum atomic E-state index is 14.0. The van der Waals surface area contributed by atoms with Gasteiger partial charge in [-0.1, -0.05) is 0 Å². The zero-order chi connectivity index (χ0) is 14.3. The Morgan fingerprint density at radius 3 is 2.40 bits per heavy atom. The van der Waals surface area contributed by atoms with Crippen LogP contribution in [-0.4, -0.2) is 37.1 Å². The lowest BCUT2D eigenvalue weighted by molar-refractivity contribution is -0.0381. The van der Waals surface area contributed by atoms with Crippen molar-refractivity contribution in [3.05, 3.63) is 24.0 Å². The molecule has 110 valence electrons. The van der Waals surface area contributed by atoms with E-state index in [0.29, 0.717) is 22.8 Å². The van der Waals surface area contributed by atoms with E-state index in [1.165, 1.54) is 32.0 Å². The second-order valence-corrected chi connectivity index (χ2v) is 6.70. The van der Waals surface area contributed by atoms with Crippen molar-refractivity contribution in [1.82, 2.24) is 4.90 Å². The molecule has 1 spiro atoms. The molecule has 0 radical (unpaired) electrons. The van der Waals surface area contributed by atoms with Gasteiger partial charge in [-0.3, -0.25) is 4.90 Å². The third-order valence-corrected chi connectivity index (χ3v) is 4.94. The third kappa shape index (κ3) is 2.37. The highest BCUT2D eigenvalue weighted by molar-refractivity contribution is 5.54.